The quantitative estimate of drug-likeness (QED) is 0.804. The molecule has 0 aliphatic rings. The molecule has 0 amide bonds. The van der Waals surface area contributed by atoms with E-state index in [0.717, 1.165) is 0 Å². The monoisotopic (exact) mass is 212 g/mol. The molecule has 0 aliphatic carbocycles. The van der Waals surface area contributed by atoms with Crippen LogP contribution < -0.4 is 0 Å². The average molecular weight is 212 g/mol. The van der Waals surface area contributed by atoms with E-state index in [4.69, 9.17) is 5.11 Å². The van der Waals surface area contributed by atoms with E-state index in [-0.39, 0.29) is 0 Å². The first kappa shape index (κ1) is 11.7. The maximum Gasteiger partial charge on any atom is 0.309 e. The third-order valence-electron chi connectivity index (χ3n) is 2.41. The van der Waals surface area contributed by atoms with Gasteiger partial charge in [0.05, 0.1) is 12.0 Å². The van der Waals surface area contributed by atoms with E-state index in [9.17, 15) is 14.3 Å². The summed E-state index contributed by atoms with van der Waals surface area (Å²) in [6, 6.07) is 3.89. The molecule has 82 valence electrons. The van der Waals surface area contributed by atoms with Gasteiger partial charge in [-0.05, 0) is 37.1 Å². The molecule has 2 unspecified atom stereocenters. The van der Waals surface area contributed by atoms with Gasteiger partial charge in [0.2, 0.25) is 0 Å². The van der Waals surface area contributed by atoms with Gasteiger partial charge in [-0.1, -0.05) is 6.07 Å². The van der Waals surface area contributed by atoms with Crippen LogP contribution in [0.15, 0.2) is 18.2 Å². The van der Waals surface area contributed by atoms with E-state index in [2.05, 4.69) is 0 Å². The second-order valence-corrected chi connectivity index (χ2v) is 3.57. The van der Waals surface area contributed by atoms with Crippen LogP contribution in [-0.4, -0.2) is 16.2 Å². The van der Waals surface area contributed by atoms with Crippen molar-refractivity contribution in [1.29, 1.82) is 0 Å². The summed E-state index contributed by atoms with van der Waals surface area (Å²) < 4.78 is 12.8. The highest BCUT2D eigenvalue weighted by molar-refractivity contribution is 5.70. The molecule has 0 aliphatic heterocycles. The zero-order valence-electron chi connectivity index (χ0n) is 8.57. The number of aryl methyl sites for hydroxylation is 1. The predicted octanol–water partition coefficient (Wildman–Crippen LogP) is 1.89. The van der Waals surface area contributed by atoms with Gasteiger partial charge in [0.25, 0.3) is 0 Å². The first-order chi connectivity index (χ1) is 6.93. The molecule has 0 fully saturated rings. The molecule has 1 aromatic rings. The van der Waals surface area contributed by atoms with Crippen LogP contribution in [-0.2, 0) is 4.79 Å². The van der Waals surface area contributed by atoms with E-state index in [1.807, 2.05) is 0 Å². The summed E-state index contributed by atoms with van der Waals surface area (Å²) in [6.45, 7) is 3.05. The van der Waals surface area contributed by atoms with E-state index in [1.165, 1.54) is 25.1 Å². The fourth-order valence-corrected chi connectivity index (χ4v) is 1.38. The Morgan fingerprint density at radius 2 is 2.07 bits per heavy atom. The number of halogens is 1. The molecular formula is C11H13FO3. The van der Waals surface area contributed by atoms with E-state index >= 15 is 0 Å². The van der Waals surface area contributed by atoms with Gasteiger partial charge in [0, 0.05) is 0 Å². The van der Waals surface area contributed by atoms with Crippen LogP contribution in [0, 0.1) is 18.7 Å². The Kier molecular flexibility index (Phi) is 3.42. The fraction of sp³-hybridized carbons (Fsp3) is 0.364. The summed E-state index contributed by atoms with van der Waals surface area (Å²) in [7, 11) is 0. The number of carboxylic acids is 1. The number of carbonyl (C=O) groups is 1. The van der Waals surface area contributed by atoms with Crippen LogP contribution in [0.1, 0.15) is 24.2 Å². The summed E-state index contributed by atoms with van der Waals surface area (Å²) in [5.74, 6) is -2.38. The minimum Gasteiger partial charge on any atom is -0.481 e. The van der Waals surface area contributed by atoms with Crippen molar-refractivity contribution < 1.29 is 19.4 Å². The number of aliphatic hydroxyl groups is 1. The molecule has 0 saturated heterocycles. The molecule has 0 saturated carbocycles. The Morgan fingerprint density at radius 1 is 1.47 bits per heavy atom. The van der Waals surface area contributed by atoms with Gasteiger partial charge in [0.1, 0.15) is 5.82 Å². The lowest BCUT2D eigenvalue weighted by atomic mass is 9.94. The van der Waals surface area contributed by atoms with Crippen LogP contribution >= 0.6 is 0 Å². The van der Waals surface area contributed by atoms with Crippen LogP contribution in [0.4, 0.5) is 4.39 Å². The first-order valence-electron chi connectivity index (χ1n) is 4.60. The Morgan fingerprint density at radius 3 is 2.53 bits per heavy atom. The van der Waals surface area contributed by atoms with Gasteiger partial charge >= 0.3 is 5.97 Å². The Hall–Kier alpha value is -1.42. The SMILES string of the molecule is Cc1cc(F)ccc1C(O)C(C)C(=O)O. The van der Waals surface area contributed by atoms with Crippen LogP contribution in [0.2, 0.25) is 0 Å². The molecule has 1 aromatic carbocycles. The maximum absolute atomic E-state index is 12.8. The largest absolute Gasteiger partial charge is 0.481 e. The normalized spacial score (nSPS) is 14.7. The Balaban J connectivity index is 3.01. The number of carboxylic acid groups (broad SMARTS) is 1. The zero-order valence-corrected chi connectivity index (χ0v) is 8.57. The van der Waals surface area contributed by atoms with E-state index in [0.29, 0.717) is 11.1 Å². The maximum atomic E-state index is 12.8. The van der Waals surface area contributed by atoms with Gasteiger partial charge in [-0.3, -0.25) is 4.79 Å². The summed E-state index contributed by atoms with van der Waals surface area (Å²) >= 11 is 0. The highest BCUT2D eigenvalue weighted by Crippen LogP contribution is 2.25. The molecule has 0 spiro atoms. The minimum atomic E-state index is -1.11. The van der Waals surface area contributed by atoms with Crippen molar-refractivity contribution in [3.8, 4) is 0 Å². The lowest BCUT2D eigenvalue weighted by Crippen LogP contribution is -2.19. The van der Waals surface area contributed by atoms with Gasteiger partial charge in [-0.2, -0.15) is 0 Å². The standard InChI is InChI=1S/C11H13FO3/c1-6-5-8(12)3-4-9(6)10(13)7(2)11(14)15/h3-5,7,10,13H,1-2H3,(H,14,15). The van der Waals surface area contributed by atoms with Gasteiger partial charge in [0.15, 0.2) is 0 Å². The molecule has 1 rings (SSSR count). The second-order valence-electron chi connectivity index (χ2n) is 3.57. The second kappa shape index (κ2) is 4.40. The predicted molar refractivity (Wildman–Crippen MR) is 52.9 cm³/mol. The third kappa shape index (κ3) is 2.53. The molecule has 2 N–H and O–H groups in total. The van der Waals surface area contributed by atoms with Crippen molar-refractivity contribution in [3.05, 3.63) is 35.1 Å². The number of hydrogen-bond donors (Lipinski definition) is 2. The molecule has 0 radical (unpaired) electrons. The lowest BCUT2D eigenvalue weighted by molar-refractivity contribution is -0.145. The number of benzene rings is 1. The summed E-state index contributed by atoms with van der Waals surface area (Å²) in [5.41, 5.74) is 1.00. The van der Waals surface area contributed by atoms with Crippen molar-refractivity contribution >= 4 is 5.97 Å². The van der Waals surface area contributed by atoms with Gasteiger partial charge < -0.3 is 10.2 Å². The van der Waals surface area contributed by atoms with Crippen LogP contribution in [0.25, 0.3) is 0 Å². The Bertz CT molecular complexity index is 376. The van der Waals surface area contributed by atoms with Crippen molar-refractivity contribution in [2.75, 3.05) is 0 Å². The smallest absolute Gasteiger partial charge is 0.309 e. The lowest BCUT2D eigenvalue weighted by Gasteiger charge is -2.17. The molecule has 15 heavy (non-hydrogen) atoms. The molecule has 0 heterocycles. The molecule has 3 nitrogen and oxygen atoms in total. The topological polar surface area (TPSA) is 57.5 Å². The number of rotatable bonds is 3. The zero-order chi connectivity index (χ0) is 11.6. The third-order valence-corrected chi connectivity index (χ3v) is 2.41. The molecular weight excluding hydrogens is 199 g/mol. The Labute approximate surface area is 87.2 Å². The number of aliphatic hydroxyl groups excluding tert-OH is 1. The van der Waals surface area contributed by atoms with Crippen LogP contribution in [0.3, 0.4) is 0 Å². The first-order valence-corrected chi connectivity index (χ1v) is 4.60. The molecule has 2 atom stereocenters. The van der Waals surface area contributed by atoms with Crippen molar-refractivity contribution in [1.82, 2.24) is 0 Å². The van der Waals surface area contributed by atoms with Crippen molar-refractivity contribution in [2.45, 2.75) is 20.0 Å². The molecule has 0 aromatic heterocycles. The van der Waals surface area contributed by atoms with Gasteiger partial charge in [-0.15, -0.1) is 0 Å². The number of hydrogen-bond acceptors (Lipinski definition) is 2. The summed E-state index contributed by atoms with van der Waals surface area (Å²) in [4.78, 5) is 10.7. The molecule has 0 bridgehead atoms. The number of aliphatic carboxylic acids is 1. The average Bonchev–Trinajstić information content (AvgIpc) is 2.15. The minimum absolute atomic E-state index is 0.397. The van der Waals surface area contributed by atoms with Crippen molar-refractivity contribution in [3.63, 3.8) is 0 Å². The van der Waals surface area contributed by atoms with Crippen molar-refractivity contribution in [2.24, 2.45) is 5.92 Å². The molecule has 4 heteroatoms. The van der Waals surface area contributed by atoms with E-state index in [1.54, 1.807) is 6.92 Å². The summed E-state index contributed by atoms with van der Waals surface area (Å²) in [6.07, 6.45) is -1.11. The fourth-order valence-electron chi connectivity index (χ4n) is 1.38. The highest BCUT2D eigenvalue weighted by atomic mass is 19.1. The highest BCUT2D eigenvalue weighted by Gasteiger charge is 2.24. The van der Waals surface area contributed by atoms with Gasteiger partial charge in [-0.25, -0.2) is 4.39 Å². The summed E-state index contributed by atoms with van der Waals surface area (Å²) in [5, 5.41) is 18.5. The van der Waals surface area contributed by atoms with E-state index < -0.39 is 23.8 Å². The van der Waals surface area contributed by atoms with Crippen LogP contribution in [0.5, 0.6) is 0 Å².